The van der Waals surface area contributed by atoms with E-state index in [1.807, 2.05) is 0 Å². The van der Waals surface area contributed by atoms with Gasteiger partial charge in [0.15, 0.2) is 0 Å². The van der Waals surface area contributed by atoms with Gasteiger partial charge in [-0.2, -0.15) is 0 Å². The number of terminal acetylenes is 1. The maximum Gasteiger partial charge on any atom is 0.137 e. The minimum Gasteiger partial charge on any atom is -0.135 e. The van der Waals surface area contributed by atoms with Crippen molar-refractivity contribution in [2.45, 2.75) is 38.9 Å². The molecule has 0 spiro atoms. The zero-order valence-corrected chi connectivity index (χ0v) is 8.08. The molecule has 1 heteroatoms. The molecule has 0 aliphatic rings. The van der Waals surface area contributed by atoms with Crippen LogP contribution in [0.4, 0.5) is 0 Å². The summed E-state index contributed by atoms with van der Waals surface area (Å²) in [6.45, 7) is 11.1. The van der Waals surface area contributed by atoms with Gasteiger partial charge in [0.1, 0.15) is 8.07 Å². The summed E-state index contributed by atoms with van der Waals surface area (Å²) in [5, 5.41) is 0.349. The van der Waals surface area contributed by atoms with Crippen LogP contribution in [0.1, 0.15) is 20.8 Å². The fourth-order valence-corrected chi connectivity index (χ4v) is 0.650. The molecule has 0 aromatic carbocycles. The first-order valence-electron chi connectivity index (χ1n) is 3.29. The number of hydrogen-bond donors (Lipinski definition) is 0. The molecule has 0 aromatic rings. The predicted molar refractivity (Wildman–Crippen MR) is 46.0 cm³/mol. The van der Waals surface area contributed by atoms with Crippen LogP contribution in [0.2, 0.25) is 18.1 Å². The van der Waals surface area contributed by atoms with Crippen molar-refractivity contribution in [3.8, 4) is 12.0 Å². The quantitative estimate of drug-likeness (QED) is 0.358. The van der Waals surface area contributed by atoms with Gasteiger partial charge in [-0.05, 0) is 5.04 Å². The molecule has 0 radical (unpaired) electrons. The molecule has 0 aliphatic heterocycles. The maximum absolute atomic E-state index is 5.40. The zero-order valence-electron chi connectivity index (χ0n) is 7.08. The Balaban J connectivity index is 4.39. The minimum atomic E-state index is -1.35. The molecule has 0 saturated carbocycles. The van der Waals surface area contributed by atoms with E-state index in [0.29, 0.717) is 5.04 Å². The monoisotopic (exact) mass is 140 g/mol. The Bertz CT molecular complexity index is 132. The van der Waals surface area contributed by atoms with Gasteiger partial charge in [0.2, 0.25) is 0 Å². The van der Waals surface area contributed by atoms with Crippen molar-refractivity contribution in [1.29, 1.82) is 0 Å². The fraction of sp³-hybridized carbons (Fsp3) is 0.750. The smallest absolute Gasteiger partial charge is 0.135 e. The molecule has 9 heavy (non-hydrogen) atoms. The topological polar surface area (TPSA) is 0 Å². The minimum absolute atomic E-state index is 0.349. The Morgan fingerprint density at radius 3 is 1.56 bits per heavy atom. The Hall–Kier alpha value is -0.223. The van der Waals surface area contributed by atoms with E-state index in [4.69, 9.17) is 6.42 Å². The Morgan fingerprint density at radius 2 is 1.56 bits per heavy atom. The average Bonchev–Trinajstić information content (AvgIpc) is 1.64. The highest BCUT2D eigenvalue weighted by atomic mass is 28.3. The van der Waals surface area contributed by atoms with E-state index in [0.717, 1.165) is 0 Å². The first-order chi connectivity index (χ1) is 3.81. The van der Waals surface area contributed by atoms with Crippen LogP contribution in [0.25, 0.3) is 0 Å². The molecule has 0 aliphatic carbocycles. The largest absolute Gasteiger partial charge is 0.137 e. The van der Waals surface area contributed by atoms with Crippen molar-refractivity contribution in [3.63, 3.8) is 0 Å². The molecule has 0 heterocycles. The summed E-state index contributed by atoms with van der Waals surface area (Å²) in [5.41, 5.74) is 2.92. The van der Waals surface area contributed by atoms with Gasteiger partial charge in [0.05, 0.1) is 0 Å². The normalized spacial score (nSPS) is 12.9. The molecule has 0 bridgehead atoms. The molecule has 0 amide bonds. The number of rotatable bonds is 0. The maximum atomic E-state index is 5.40. The lowest BCUT2D eigenvalue weighted by Crippen LogP contribution is -2.35. The Kier molecular flexibility index (Phi) is 2.13. The molecule has 52 valence electrons. The summed E-state index contributed by atoms with van der Waals surface area (Å²) >= 11 is 0. The van der Waals surface area contributed by atoms with E-state index < -0.39 is 8.07 Å². The third-order valence-corrected chi connectivity index (χ3v) is 6.71. The Labute approximate surface area is 59.7 Å². The van der Waals surface area contributed by atoms with Crippen LogP contribution in [0, 0.1) is 12.0 Å². The second kappa shape index (κ2) is 2.19. The van der Waals surface area contributed by atoms with Crippen molar-refractivity contribution in [1.82, 2.24) is 0 Å². The third-order valence-electron chi connectivity index (χ3n) is 2.24. The number of hydrogen-bond acceptors (Lipinski definition) is 0. The van der Waals surface area contributed by atoms with E-state index in [2.05, 4.69) is 39.4 Å². The van der Waals surface area contributed by atoms with E-state index in [9.17, 15) is 0 Å². The van der Waals surface area contributed by atoms with Crippen LogP contribution >= 0.6 is 0 Å². The zero-order chi connectivity index (χ0) is 7.71. The molecule has 0 unspecified atom stereocenters. The highest BCUT2D eigenvalue weighted by molar-refractivity contribution is 6.87. The molecular formula is C8H16Si. The van der Waals surface area contributed by atoms with Gasteiger partial charge in [-0.1, -0.05) is 33.9 Å². The van der Waals surface area contributed by atoms with Crippen LogP contribution in [0.3, 0.4) is 0 Å². The molecular weight excluding hydrogens is 124 g/mol. The Morgan fingerprint density at radius 1 is 1.22 bits per heavy atom. The van der Waals surface area contributed by atoms with Crippen molar-refractivity contribution in [2.75, 3.05) is 0 Å². The molecule has 0 rings (SSSR count). The van der Waals surface area contributed by atoms with Gasteiger partial charge in [-0.3, -0.25) is 0 Å². The van der Waals surface area contributed by atoms with Crippen molar-refractivity contribution < 1.29 is 0 Å². The lowest BCUT2D eigenvalue weighted by molar-refractivity contribution is 0.731. The van der Waals surface area contributed by atoms with Crippen LogP contribution in [-0.4, -0.2) is 8.07 Å². The van der Waals surface area contributed by atoms with Gasteiger partial charge in [0.25, 0.3) is 0 Å². The summed E-state index contributed by atoms with van der Waals surface area (Å²) in [4.78, 5) is 0. The third kappa shape index (κ3) is 1.87. The summed E-state index contributed by atoms with van der Waals surface area (Å²) in [6, 6.07) is 0. The highest BCUT2D eigenvalue weighted by Gasteiger charge is 2.33. The van der Waals surface area contributed by atoms with E-state index in [-0.39, 0.29) is 0 Å². The second-order valence-electron chi connectivity index (χ2n) is 4.02. The summed E-state index contributed by atoms with van der Waals surface area (Å²) in [5.74, 6) is 0. The van der Waals surface area contributed by atoms with E-state index >= 15 is 0 Å². The average molecular weight is 140 g/mol. The second-order valence-corrected chi connectivity index (χ2v) is 9.06. The molecule has 0 nitrogen and oxygen atoms in total. The lowest BCUT2D eigenvalue weighted by Gasteiger charge is -2.31. The molecule has 0 N–H and O–H groups in total. The highest BCUT2D eigenvalue weighted by Crippen LogP contribution is 2.34. The lowest BCUT2D eigenvalue weighted by atomic mass is 10.2. The molecule has 0 fully saturated rings. The van der Waals surface area contributed by atoms with Gasteiger partial charge < -0.3 is 0 Å². The van der Waals surface area contributed by atoms with Crippen LogP contribution in [-0.2, 0) is 0 Å². The van der Waals surface area contributed by atoms with Crippen LogP contribution in [0.5, 0.6) is 0 Å². The van der Waals surface area contributed by atoms with E-state index in [1.54, 1.807) is 0 Å². The molecule has 0 atom stereocenters. The van der Waals surface area contributed by atoms with Crippen molar-refractivity contribution in [3.05, 3.63) is 0 Å². The first kappa shape index (κ1) is 8.78. The van der Waals surface area contributed by atoms with Crippen LogP contribution < -0.4 is 0 Å². The molecule has 0 aromatic heterocycles. The SMILES string of the molecule is C#C[Si](C)(C)C(C)(C)C. The summed E-state index contributed by atoms with van der Waals surface area (Å²) < 4.78 is 0. The van der Waals surface area contributed by atoms with E-state index in [1.165, 1.54) is 0 Å². The first-order valence-corrected chi connectivity index (χ1v) is 6.29. The fourth-order valence-electron chi connectivity index (χ4n) is 0.217. The standard InChI is InChI=1S/C8H16Si/c1-7-9(5,6)8(2,3)4/h1H,2-6H3. The summed E-state index contributed by atoms with van der Waals surface area (Å²) in [6.07, 6.45) is 5.40. The van der Waals surface area contributed by atoms with Gasteiger partial charge in [-0.25, -0.2) is 0 Å². The van der Waals surface area contributed by atoms with Gasteiger partial charge >= 0.3 is 0 Å². The van der Waals surface area contributed by atoms with Crippen molar-refractivity contribution >= 4 is 8.07 Å². The van der Waals surface area contributed by atoms with Gasteiger partial charge in [0, 0.05) is 0 Å². The summed E-state index contributed by atoms with van der Waals surface area (Å²) in [7, 11) is -1.35. The van der Waals surface area contributed by atoms with Gasteiger partial charge in [-0.15, -0.1) is 12.0 Å². The van der Waals surface area contributed by atoms with Crippen LogP contribution in [0.15, 0.2) is 0 Å². The van der Waals surface area contributed by atoms with Crippen molar-refractivity contribution in [2.24, 2.45) is 0 Å². The predicted octanol–water partition coefficient (Wildman–Crippen LogP) is 2.67. The molecule has 0 saturated heterocycles.